The molecule has 0 unspecified atom stereocenters. The first-order valence-corrected chi connectivity index (χ1v) is 7.12. The smallest absolute Gasteiger partial charge is 0.191 e. The van der Waals surface area contributed by atoms with Crippen molar-refractivity contribution in [3.05, 3.63) is 42.0 Å². The molecule has 0 aromatic heterocycles. The Labute approximate surface area is 114 Å². The van der Waals surface area contributed by atoms with E-state index in [1.54, 1.807) is 18.8 Å². The van der Waals surface area contributed by atoms with Gasteiger partial charge in [-0.05, 0) is 30.4 Å². The third kappa shape index (κ3) is 4.45. The number of benzene rings is 1. The molecule has 0 aliphatic rings. The fourth-order valence-corrected chi connectivity index (χ4v) is 2.27. The zero-order valence-electron chi connectivity index (χ0n) is 11.3. The Hall–Kier alpha value is -1.42. The summed E-state index contributed by atoms with van der Waals surface area (Å²) in [5.74, 6) is 0.794. The summed E-state index contributed by atoms with van der Waals surface area (Å²) in [6.45, 7) is 7.27. The van der Waals surface area contributed by atoms with Crippen LogP contribution in [0.5, 0.6) is 0 Å². The number of aliphatic imine (C=N–C) groups is 1. The molecular weight excluding hydrogens is 242 g/mol. The van der Waals surface area contributed by atoms with E-state index in [2.05, 4.69) is 53.6 Å². The van der Waals surface area contributed by atoms with Gasteiger partial charge in [-0.25, -0.2) is 0 Å². The molecule has 18 heavy (non-hydrogen) atoms. The molecule has 0 bridgehead atoms. The number of guanidine groups is 1. The first kappa shape index (κ1) is 14.6. The summed E-state index contributed by atoms with van der Waals surface area (Å²) >= 11 is 1.77. The van der Waals surface area contributed by atoms with Crippen molar-refractivity contribution in [2.75, 3.05) is 19.8 Å². The van der Waals surface area contributed by atoms with Crippen LogP contribution in [-0.2, 0) is 6.54 Å². The SMILES string of the molecule is C=CCNC(=NC)NCc1ccc(C)cc1SC. The number of hydrogen-bond donors (Lipinski definition) is 2. The minimum Gasteiger partial charge on any atom is -0.353 e. The minimum atomic E-state index is 0.711. The molecule has 0 saturated heterocycles. The predicted octanol–water partition coefficient (Wildman–Crippen LogP) is 2.57. The molecule has 2 N–H and O–H groups in total. The minimum absolute atomic E-state index is 0.711. The highest BCUT2D eigenvalue weighted by atomic mass is 32.2. The Kier molecular flexibility index (Phi) is 6.36. The summed E-state index contributed by atoms with van der Waals surface area (Å²) in [5.41, 5.74) is 2.58. The van der Waals surface area contributed by atoms with Gasteiger partial charge in [-0.1, -0.05) is 18.2 Å². The van der Waals surface area contributed by atoms with Crippen LogP contribution in [0.15, 0.2) is 40.7 Å². The van der Waals surface area contributed by atoms with Crippen molar-refractivity contribution in [1.29, 1.82) is 0 Å². The van der Waals surface area contributed by atoms with Crippen LogP contribution in [0.4, 0.5) is 0 Å². The number of nitrogens with zero attached hydrogens (tertiary/aromatic N) is 1. The molecule has 0 saturated carbocycles. The lowest BCUT2D eigenvalue weighted by atomic mass is 10.1. The van der Waals surface area contributed by atoms with Gasteiger partial charge in [0.2, 0.25) is 0 Å². The molecule has 0 aliphatic heterocycles. The lowest BCUT2D eigenvalue weighted by molar-refractivity contribution is 0.834. The number of aryl methyl sites for hydroxylation is 1. The quantitative estimate of drug-likeness (QED) is 0.371. The molecular formula is C14H21N3S. The molecule has 0 radical (unpaired) electrons. The second kappa shape index (κ2) is 7.82. The van der Waals surface area contributed by atoms with Crippen molar-refractivity contribution in [3.8, 4) is 0 Å². The summed E-state index contributed by atoms with van der Waals surface area (Å²) in [4.78, 5) is 5.46. The summed E-state index contributed by atoms with van der Waals surface area (Å²) in [5, 5.41) is 6.44. The van der Waals surface area contributed by atoms with Gasteiger partial charge in [0, 0.05) is 25.0 Å². The van der Waals surface area contributed by atoms with E-state index in [1.807, 2.05) is 6.08 Å². The van der Waals surface area contributed by atoms with Crippen LogP contribution in [-0.4, -0.2) is 25.8 Å². The fourth-order valence-electron chi connectivity index (χ4n) is 1.57. The fraction of sp³-hybridized carbons (Fsp3) is 0.357. The first-order valence-electron chi connectivity index (χ1n) is 5.90. The van der Waals surface area contributed by atoms with E-state index in [9.17, 15) is 0 Å². The Balaban J connectivity index is 2.64. The first-order chi connectivity index (χ1) is 8.71. The van der Waals surface area contributed by atoms with Gasteiger partial charge in [0.25, 0.3) is 0 Å². The van der Waals surface area contributed by atoms with Crippen molar-refractivity contribution >= 4 is 17.7 Å². The van der Waals surface area contributed by atoms with Gasteiger partial charge >= 0.3 is 0 Å². The van der Waals surface area contributed by atoms with Crippen LogP contribution in [0.2, 0.25) is 0 Å². The summed E-state index contributed by atoms with van der Waals surface area (Å²) in [6.07, 6.45) is 3.91. The van der Waals surface area contributed by atoms with Crippen LogP contribution in [0.25, 0.3) is 0 Å². The van der Waals surface area contributed by atoms with E-state index in [-0.39, 0.29) is 0 Å². The maximum Gasteiger partial charge on any atom is 0.191 e. The molecule has 0 fully saturated rings. The monoisotopic (exact) mass is 263 g/mol. The Morgan fingerprint density at radius 2 is 2.22 bits per heavy atom. The molecule has 0 heterocycles. The lowest BCUT2D eigenvalue weighted by Crippen LogP contribution is -2.36. The Morgan fingerprint density at radius 1 is 1.44 bits per heavy atom. The van der Waals surface area contributed by atoms with Crippen molar-refractivity contribution in [1.82, 2.24) is 10.6 Å². The highest BCUT2D eigenvalue weighted by Gasteiger charge is 2.03. The number of hydrogen-bond acceptors (Lipinski definition) is 2. The normalized spacial score (nSPS) is 11.2. The van der Waals surface area contributed by atoms with Gasteiger partial charge in [0.15, 0.2) is 5.96 Å². The zero-order valence-corrected chi connectivity index (χ0v) is 12.1. The standard InChI is InChI=1S/C14H21N3S/c1-5-8-16-14(15-3)17-10-12-7-6-11(2)9-13(12)18-4/h5-7,9H,1,8,10H2,2-4H3,(H2,15,16,17). The third-order valence-electron chi connectivity index (χ3n) is 2.53. The molecule has 98 valence electrons. The second-order valence-electron chi connectivity index (χ2n) is 3.91. The van der Waals surface area contributed by atoms with Gasteiger partial charge in [-0.3, -0.25) is 4.99 Å². The average molecular weight is 263 g/mol. The second-order valence-corrected chi connectivity index (χ2v) is 4.76. The number of rotatable bonds is 5. The molecule has 1 rings (SSSR count). The van der Waals surface area contributed by atoms with Crippen molar-refractivity contribution in [2.45, 2.75) is 18.4 Å². The Bertz CT molecular complexity index is 427. The number of thioether (sulfide) groups is 1. The highest BCUT2D eigenvalue weighted by molar-refractivity contribution is 7.98. The van der Waals surface area contributed by atoms with Crippen molar-refractivity contribution < 1.29 is 0 Å². The molecule has 3 nitrogen and oxygen atoms in total. The molecule has 0 aliphatic carbocycles. The van der Waals surface area contributed by atoms with Crippen molar-refractivity contribution in [2.24, 2.45) is 4.99 Å². The van der Waals surface area contributed by atoms with Gasteiger partial charge < -0.3 is 10.6 Å². The highest BCUT2D eigenvalue weighted by Crippen LogP contribution is 2.21. The van der Waals surface area contributed by atoms with Crippen LogP contribution in [0, 0.1) is 6.92 Å². The Morgan fingerprint density at radius 3 is 2.83 bits per heavy atom. The molecule has 0 spiro atoms. The van der Waals surface area contributed by atoms with Gasteiger partial charge in [0.05, 0.1) is 0 Å². The van der Waals surface area contributed by atoms with Crippen LogP contribution in [0.1, 0.15) is 11.1 Å². The van der Waals surface area contributed by atoms with Gasteiger partial charge in [-0.2, -0.15) is 0 Å². The van der Waals surface area contributed by atoms with E-state index in [1.165, 1.54) is 16.0 Å². The van der Waals surface area contributed by atoms with Crippen LogP contribution < -0.4 is 10.6 Å². The molecule has 0 atom stereocenters. The largest absolute Gasteiger partial charge is 0.353 e. The van der Waals surface area contributed by atoms with E-state index < -0.39 is 0 Å². The van der Waals surface area contributed by atoms with E-state index >= 15 is 0 Å². The molecule has 1 aromatic carbocycles. The topological polar surface area (TPSA) is 36.4 Å². The molecule has 1 aromatic rings. The van der Waals surface area contributed by atoms with E-state index in [0.717, 1.165) is 12.5 Å². The van der Waals surface area contributed by atoms with Crippen molar-refractivity contribution in [3.63, 3.8) is 0 Å². The predicted molar refractivity (Wildman–Crippen MR) is 81.4 cm³/mol. The lowest BCUT2D eigenvalue weighted by Gasteiger charge is -2.13. The maximum absolute atomic E-state index is 4.15. The third-order valence-corrected chi connectivity index (χ3v) is 3.35. The molecule has 0 amide bonds. The van der Waals surface area contributed by atoms with Gasteiger partial charge in [0.1, 0.15) is 0 Å². The van der Waals surface area contributed by atoms with E-state index in [0.29, 0.717) is 6.54 Å². The zero-order chi connectivity index (χ0) is 13.4. The summed E-state index contributed by atoms with van der Waals surface area (Å²) in [6, 6.07) is 6.51. The van der Waals surface area contributed by atoms with Crippen LogP contribution >= 0.6 is 11.8 Å². The van der Waals surface area contributed by atoms with E-state index in [4.69, 9.17) is 0 Å². The summed E-state index contributed by atoms with van der Waals surface area (Å²) < 4.78 is 0. The summed E-state index contributed by atoms with van der Waals surface area (Å²) in [7, 11) is 1.77. The van der Waals surface area contributed by atoms with Gasteiger partial charge in [-0.15, -0.1) is 18.3 Å². The number of nitrogens with one attached hydrogen (secondary N) is 2. The molecule has 4 heteroatoms. The van der Waals surface area contributed by atoms with Crippen LogP contribution in [0.3, 0.4) is 0 Å². The average Bonchev–Trinajstić information content (AvgIpc) is 2.40. The maximum atomic E-state index is 4.15.